The van der Waals surface area contributed by atoms with Crippen LogP contribution in [0.4, 0.5) is 11.5 Å². The van der Waals surface area contributed by atoms with E-state index in [1.807, 2.05) is 12.1 Å². The van der Waals surface area contributed by atoms with Crippen molar-refractivity contribution in [1.29, 1.82) is 0 Å². The van der Waals surface area contributed by atoms with Crippen molar-refractivity contribution in [3.05, 3.63) is 12.1 Å². The van der Waals surface area contributed by atoms with Gasteiger partial charge in [-0.1, -0.05) is 6.92 Å². The Morgan fingerprint density at radius 1 is 1.25 bits per heavy atom. The quantitative estimate of drug-likeness (QED) is 0.815. The van der Waals surface area contributed by atoms with E-state index < -0.39 is 0 Å². The van der Waals surface area contributed by atoms with Crippen molar-refractivity contribution in [2.75, 3.05) is 37.0 Å². The van der Waals surface area contributed by atoms with Gasteiger partial charge in [-0.25, -0.2) is 0 Å². The highest BCUT2D eigenvalue weighted by atomic mass is 16.5. The zero-order chi connectivity index (χ0) is 14.5. The maximum Gasteiger partial charge on any atom is 0.160 e. The molecule has 1 aromatic heterocycles. The van der Waals surface area contributed by atoms with Gasteiger partial charge in [0.05, 0.1) is 23.7 Å². The summed E-state index contributed by atoms with van der Waals surface area (Å²) < 4.78 is 5.50. The Morgan fingerprint density at radius 2 is 2.00 bits per heavy atom. The Morgan fingerprint density at radius 3 is 2.60 bits per heavy atom. The molecule has 1 aromatic carbocycles. The number of nitrogens with zero attached hydrogens (tertiary/aromatic N) is 2. The fourth-order valence-electron chi connectivity index (χ4n) is 2.43. The monoisotopic (exact) mass is 276 g/mol. The first-order chi connectivity index (χ1) is 9.76. The van der Waals surface area contributed by atoms with E-state index in [2.05, 4.69) is 41.2 Å². The maximum absolute atomic E-state index is 5.50. The number of benzene rings is 1. The third-order valence-corrected chi connectivity index (χ3v) is 3.51. The first-order valence-corrected chi connectivity index (χ1v) is 7.30. The fourth-order valence-corrected chi connectivity index (χ4v) is 2.43. The lowest BCUT2D eigenvalue weighted by Gasteiger charge is -2.20. The molecule has 0 spiro atoms. The largest absolute Gasteiger partial charge is 0.495 e. The molecular weight excluding hydrogens is 252 g/mol. The van der Waals surface area contributed by atoms with Crippen molar-refractivity contribution in [3.63, 3.8) is 0 Å². The van der Waals surface area contributed by atoms with Crippen molar-refractivity contribution in [1.82, 2.24) is 10.2 Å². The van der Waals surface area contributed by atoms with Crippen LogP contribution >= 0.6 is 0 Å². The molecule has 0 radical (unpaired) electrons. The van der Waals surface area contributed by atoms with Gasteiger partial charge in [-0.3, -0.25) is 5.10 Å². The molecule has 2 aromatic rings. The molecule has 0 amide bonds. The molecule has 5 heteroatoms. The second kappa shape index (κ2) is 6.50. The molecule has 0 bridgehead atoms. The molecule has 5 nitrogen and oxygen atoms in total. The predicted octanol–water partition coefficient (Wildman–Crippen LogP) is 3.24. The summed E-state index contributed by atoms with van der Waals surface area (Å²) >= 11 is 0. The number of aromatic nitrogens is 2. The average Bonchev–Trinajstić information content (AvgIpc) is 2.90. The lowest BCUT2D eigenvalue weighted by Crippen LogP contribution is -2.22. The van der Waals surface area contributed by atoms with Crippen LogP contribution in [0.3, 0.4) is 0 Å². The molecule has 110 valence electrons. The number of ether oxygens (including phenoxy) is 1. The molecule has 0 aliphatic rings. The first-order valence-electron chi connectivity index (χ1n) is 7.30. The Bertz CT molecular complexity index is 560. The lowest BCUT2D eigenvalue weighted by molar-refractivity contribution is 0.417. The molecule has 0 aliphatic heterocycles. The second-order valence-electron chi connectivity index (χ2n) is 4.71. The number of rotatable bonds is 7. The molecule has 2 N–H and O–H groups in total. The number of anilines is 2. The fraction of sp³-hybridized carbons (Fsp3) is 0.533. The highest BCUT2D eigenvalue weighted by molar-refractivity contribution is 6.03. The number of aromatic amines is 1. The Balaban J connectivity index is 2.59. The zero-order valence-corrected chi connectivity index (χ0v) is 12.8. The van der Waals surface area contributed by atoms with Crippen LogP contribution < -0.4 is 15.0 Å². The molecular formula is C15H24N4O. The van der Waals surface area contributed by atoms with Crippen LogP contribution in [-0.4, -0.2) is 36.9 Å². The van der Waals surface area contributed by atoms with Gasteiger partial charge in [0, 0.05) is 19.6 Å². The summed E-state index contributed by atoms with van der Waals surface area (Å²) in [6.07, 6.45) is 1.07. The average molecular weight is 276 g/mol. The van der Waals surface area contributed by atoms with Crippen LogP contribution in [0.2, 0.25) is 0 Å². The van der Waals surface area contributed by atoms with Gasteiger partial charge >= 0.3 is 0 Å². The van der Waals surface area contributed by atoms with Crippen molar-refractivity contribution >= 4 is 22.4 Å². The third-order valence-electron chi connectivity index (χ3n) is 3.51. The molecule has 0 atom stereocenters. The van der Waals surface area contributed by atoms with Gasteiger partial charge in [-0.05, 0) is 32.4 Å². The van der Waals surface area contributed by atoms with Crippen LogP contribution in [0.1, 0.15) is 27.2 Å². The van der Waals surface area contributed by atoms with Crippen LogP contribution in [-0.2, 0) is 0 Å². The molecule has 0 saturated heterocycles. The van der Waals surface area contributed by atoms with E-state index in [4.69, 9.17) is 4.74 Å². The number of fused-ring (bicyclic) bond motifs is 1. The van der Waals surface area contributed by atoms with Gasteiger partial charge in [0.2, 0.25) is 0 Å². The number of H-pyrrole nitrogens is 1. The van der Waals surface area contributed by atoms with E-state index in [0.717, 1.165) is 54.2 Å². The van der Waals surface area contributed by atoms with Crippen molar-refractivity contribution in [2.45, 2.75) is 27.2 Å². The van der Waals surface area contributed by atoms with E-state index in [1.165, 1.54) is 0 Å². The summed E-state index contributed by atoms with van der Waals surface area (Å²) in [5.74, 6) is 1.85. The van der Waals surface area contributed by atoms with Gasteiger partial charge in [0.1, 0.15) is 5.75 Å². The number of methoxy groups -OCH3 is 1. The molecule has 0 aliphatic carbocycles. The minimum atomic E-state index is 0.862. The first kappa shape index (κ1) is 14.5. The normalized spacial score (nSPS) is 10.8. The summed E-state index contributed by atoms with van der Waals surface area (Å²) in [6.45, 7) is 9.22. The van der Waals surface area contributed by atoms with E-state index in [9.17, 15) is 0 Å². The SMILES string of the molecule is CCCNc1c(OC)ccc2[nH]nc(N(CC)CC)c12. The van der Waals surface area contributed by atoms with Crippen LogP contribution in [0, 0.1) is 0 Å². The summed E-state index contributed by atoms with van der Waals surface area (Å²) in [5, 5.41) is 12.2. The number of nitrogens with one attached hydrogen (secondary N) is 2. The Hall–Kier alpha value is -1.91. The van der Waals surface area contributed by atoms with Gasteiger partial charge in [-0.15, -0.1) is 0 Å². The number of hydrogen-bond donors (Lipinski definition) is 2. The van der Waals surface area contributed by atoms with Crippen molar-refractivity contribution in [3.8, 4) is 5.75 Å². The Kier molecular flexibility index (Phi) is 4.71. The smallest absolute Gasteiger partial charge is 0.160 e. The summed E-state index contributed by atoms with van der Waals surface area (Å²) in [4.78, 5) is 2.25. The van der Waals surface area contributed by atoms with Gasteiger partial charge in [0.15, 0.2) is 5.82 Å². The van der Waals surface area contributed by atoms with E-state index in [1.54, 1.807) is 7.11 Å². The molecule has 1 heterocycles. The molecule has 0 fully saturated rings. The Labute approximate surface area is 120 Å². The van der Waals surface area contributed by atoms with Crippen molar-refractivity contribution in [2.24, 2.45) is 0 Å². The summed E-state index contributed by atoms with van der Waals surface area (Å²) in [6, 6.07) is 4.00. The second-order valence-corrected chi connectivity index (χ2v) is 4.71. The predicted molar refractivity (Wildman–Crippen MR) is 85.0 cm³/mol. The van der Waals surface area contributed by atoms with E-state index in [0.29, 0.717) is 0 Å². The lowest BCUT2D eigenvalue weighted by atomic mass is 10.1. The molecule has 0 unspecified atom stereocenters. The highest BCUT2D eigenvalue weighted by Crippen LogP contribution is 2.37. The molecule has 20 heavy (non-hydrogen) atoms. The van der Waals surface area contributed by atoms with E-state index in [-0.39, 0.29) is 0 Å². The van der Waals surface area contributed by atoms with Gasteiger partial charge < -0.3 is 15.0 Å². The standard InChI is InChI=1S/C15H24N4O/c1-5-10-16-14-12(20-4)9-8-11-13(14)15(18-17-11)19(6-2)7-3/h8-9,16H,5-7,10H2,1-4H3,(H,17,18). The minimum absolute atomic E-state index is 0.862. The highest BCUT2D eigenvalue weighted by Gasteiger charge is 2.17. The minimum Gasteiger partial charge on any atom is -0.495 e. The number of hydrogen-bond acceptors (Lipinski definition) is 4. The van der Waals surface area contributed by atoms with Gasteiger partial charge in [-0.2, -0.15) is 5.10 Å². The summed E-state index contributed by atoms with van der Waals surface area (Å²) in [7, 11) is 1.70. The van der Waals surface area contributed by atoms with Gasteiger partial charge in [0.25, 0.3) is 0 Å². The van der Waals surface area contributed by atoms with Crippen LogP contribution in [0.25, 0.3) is 10.9 Å². The maximum atomic E-state index is 5.50. The summed E-state index contributed by atoms with van der Waals surface area (Å²) in [5.41, 5.74) is 2.06. The van der Waals surface area contributed by atoms with Crippen LogP contribution in [0.15, 0.2) is 12.1 Å². The van der Waals surface area contributed by atoms with Crippen molar-refractivity contribution < 1.29 is 4.74 Å². The topological polar surface area (TPSA) is 53.2 Å². The van der Waals surface area contributed by atoms with Crippen LogP contribution in [0.5, 0.6) is 5.75 Å². The zero-order valence-electron chi connectivity index (χ0n) is 12.8. The molecule has 2 rings (SSSR count). The molecule has 0 saturated carbocycles. The van der Waals surface area contributed by atoms with E-state index >= 15 is 0 Å². The third kappa shape index (κ3) is 2.53.